The van der Waals surface area contributed by atoms with Crippen molar-refractivity contribution in [3.8, 4) is 17.2 Å². The zero-order valence-corrected chi connectivity index (χ0v) is 20.5. The van der Waals surface area contributed by atoms with Crippen molar-refractivity contribution in [1.29, 1.82) is 0 Å². The number of esters is 4. The molecular weight excluding hydrogens is 494 g/mol. The molecule has 37 heavy (non-hydrogen) atoms. The van der Waals surface area contributed by atoms with Gasteiger partial charge in [-0.1, -0.05) is 0 Å². The number of carbonyl (C=O) groups is 5. The molecule has 1 amide bonds. The Morgan fingerprint density at radius 2 is 1.68 bits per heavy atom. The first-order chi connectivity index (χ1) is 17.6. The summed E-state index contributed by atoms with van der Waals surface area (Å²) in [5, 5.41) is 2.74. The summed E-state index contributed by atoms with van der Waals surface area (Å²) in [6.07, 6.45) is -2.14. The quantitative estimate of drug-likeness (QED) is 0.396. The Labute approximate surface area is 210 Å². The van der Waals surface area contributed by atoms with Gasteiger partial charge >= 0.3 is 23.9 Å². The molecule has 2 aliphatic heterocycles. The molecule has 4 rings (SSSR count). The SMILES string of the molecule is CCOC(=O)COc1c2c(cc3c1C(=O)N[C@@H]1C3=C[C@H](OC(C)=O)[C@@H](OC(C)=O)[C@H]1OC(C)=O)OCO2. The fourth-order valence-electron chi connectivity index (χ4n) is 4.44. The van der Waals surface area contributed by atoms with Crippen LogP contribution in [0, 0.1) is 0 Å². The number of carbonyl (C=O) groups excluding carboxylic acids is 5. The van der Waals surface area contributed by atoms with Crippen molar-refractivity contribution in [3.63, 3.8) is 0 Å². The summed E-state index contributed by atoms with van der Waals surface area (Å²) in [5.41, 5.74) is 0.701. The second-order valence-electron chi connectivity index (χ2n) is 8.25. The molecule has 1 aromatic rings. The van der Waals surface area contributed by atoms with E-state index in [1.165, 1.54) is 19.1 Å². The summed E-state index contributed by atoms with van der Waals surface area (Å²) in [7, 11) is 0. The van der Waals surface area contributed by atoms with E-state index in [2.05, 4.69) is 5.32 Å². The number of nitrogens with one attached hydrogen (secondary N) is 1. The number of ether oxygens (including phenoxy) is 7. The van der Waals surface area contributed by atoms with Crippen LogP contribution in [0.5, 0.6) is 17.2 Å². The first-order valence-electron chi connectivity index (χ1n) is 11.4. The molecule has 0 aromatic heterocycles. The van der Waals surface area contributed by atoms with E-state index >= 15 is 0 Å². The second kappa shape index (κ2) is 10.4. The number of hydrogen-bond acceptors (Lipinski definition) is 12. The highest BCUT2D eigenvalue weighted by Crippen LogP contribution is 2.49. The standard InChI is InChI=1S/C24H25NO12/c1-5-31-17(29)8-32-22-18-13(6-15-20(22)34-9-33-15)14-7-16(35-10(2)26)21(36-11(3)27)23(37-12(4)28)19(14)25-24(18)30/h6-7,16,19,21,23H,5,8-9H2,1-4H3,(H,25,30)/t16-,19+,21+,23-/m0/s1. The van der Waals surface area contributed by atoms with Gasteiger partial charge in [0.2, 0.25) is 12.5 Å². The lowest BCUT2D eigenvalue weighted by molar-refractivity contribution is -0.181. The summed E-state index contributed by atoms with van der Waals surface area (Å²) in [5.74, 6) is -3.09. The van der Waals surface area contributed by atoms with Crippen LogP contribution in [-0.4, -0.2) is 74.1 Å². The first kappa shape index (κ1) is 25.8. The molecule has 1 aromatic carbocycles. The van der Waals surface area contributed by atoms with E-state index in [0.29, 0.717) is 11.1 Å². The first-order valence-corrected chi connectivity index (χ1v) is 11.4. The molecule has 1 aliphatic carbocycles. The molecule has 0 radical (unpaired) electrons. The summed E-state index contributed by atoms with van der Waals surface area (Å²) in [6.45, 7) is 4.60. The van der Waals surface area contributed by atoms with Gasteiger partial charge in [0, 0.05) is 26.3 Å². The minimum Gasteiger partial charge on any atom is -0.477 e. The Balaban J connectivity index is 1.86. The molecule has 0 fully saturated rings. The molecule has 13 heteroatoms. The zero-order valence-electron chi connectivity index (χ0n) is 20.5. The van der Waals surface area contributed by atoms with Gasteiger partial charge in [-0.3, -0.25) is 19.2 Å². The Morgan fingerprint density at radius 3 is 2.32 bits per heavy atom. The molecular formula is C24H25NO12. The minimum atomic E-state index is -1.24. The van der Waals surface area contributed by atoms with Gasteiger partial charge in [-0.2, -0.15) is 0 Å². The number of amides is 1. The van der Waals surface area contributed by atoms with Crippen molar-refractivity contribution >= 4 is 35.4 Å². The molecule has 2 heterocycles. The van der Waals surface area contributed by atoms with E-state index in [9.17, 15) is 24.0 Å². The van der Waals surface area contributed by atoms with Gasteiger partial charge in [0.25, 0.3) is 5.91 Å². The molecule has 198 valence electrons. The third kappa shape index (κ3) is 5.15. The summed E-state index contributed by atoms with van der Waals surface area (Å²) < 4.78 is 37.8. The van der Waals surface area contributed by atoms with E-state index in [1.807, 2.05) is 0 Å². The lowest BCUT2D eigenvalue weighted by Gasteiger charge is -2.42. The van der Waals surface area contributed by atoms with Gasteiger partial charge in [-0.15, -0.1) is 0 Å². The van der Waals surface area contributed by atoms with Crippen LogP contribution in [0.1, 0.15) is 43.6 Å². The Kier molecular flexibility index (Phi) is 7.23. The van der Waals surface area contributed by atoms with Crippen LogP contribution in [-0.2, 0) is 38.1 Å². The van der Waals surface area contributed by atoms with Crippen LogP contribution in [0.2, 0.25) is 0 Å². The predicted octanol–water partition coefficient (Wildman–Crippen LogP) is 0.661. The van der Waals surface area contributed by atoms with Gasteiger partial charge < -0.3 is 38.5 Å². The average Bonchev–Trinajstić information content (AvgIpc) is 3.27. The summed E-state index contributed by atoms with van der Waals surface area (Å²) in [6, 6.07) is 0.548. The Morgan fingerprint density at radius 1 is 1.00 bits per heavy atom. The maximum atomic E-state index is 13.4. The minimum absolute atomic E-state index is 0.0186. The van der Waals surface area contributed by atoms with E-state index in [1.54, 1.807) is 6.92 Å². The van der Waals surface area contributed by atoms with Crippen molar-refractivity contribution in [2.45, 2.75) is 52.0 Å². The fraction of sp³-hybridized carbons (Fsp3) is 0.458. The van der Waals surface area contributed by atoms with Crippen LogP contribution in [0.4, 0.5) is 0 Å². The van der Waals surface area contributed by atoms with E-state index in [0.717, 1.165) is 13.8 Å². The molecule has 1 N–H and O–H groups in total. The largest absolute Gasteiger partial charge is 0.477 e. The lowest BCUT2D eigenvalue weighted by Crippen LogP contribution is -2.60. The Bertz CT molecular complexity index is 1190. The second-order valence-corrected chi connectivity index (χ2v) is 8.25. The van der Waals surface area contributed by atoms with Crippen LogP contribution in [0.25, 0.3) is 5.57 Å². The molecule has 4 atom stereocenters. The smallest absolute Gasteiger partial charge is 0.344 e. The summed E-state index contributed by atoms with van der Waals surface area (Å²) in [4.78, 5) is 61.0. The predicted molar refractivity (Wildman–Crippen MR) is 121 cm³/mol. The monoisotopic (exact) mass is 519 g/mol. The maximum absolute atomic E-state index is 13.4. The van der Waals surface area contributed by atoms with Crippen LogP contribution >= 0.6 is 0 Å². The number of fused-ring (bicyclic) bond motifs is 4. The third-order valence-corrected chi connectivity index (χ3v) is 5.65. The third-order valence-electron chi connectivity index (χ3n) is 5.65. The zero-order chi connectivity index (χ0) is 26.9. The number of hydrogen-bond donors (Lipinski definition) is 1. The normalized spacial score (nSPS) is 22.9. The van der Waals surface area contributed by atoms with Crippen molar-refractivity contribution in [2.75, 3.05) is 20.0 Å². The van der Waals surface area contributed by atoms with Gasteiger partial charge in [0.15, 0.2) is 36.4 Å². The Hall–Kier alpha value is -4.29. The molecule has 0 saturated carbocycles. The number of benzene rings is 1. The average molecular weight is 519 g/mol. The van der Waals surface area contributed by atoms with Crippen molar-refractivity contribution in [1.82, 2.24) is 5.32 Å². The molecule has 3 aliphatic rings. The van der Waals surface area contributed by atoms with Crippen LogP contribution in [0.15, 0.2) is 12.1 Å². The van der Waals surface area contributed by atoms with Gasteiger partial charge in [0.1, 0.15) is 0 Å². The lowest BCUT2D eigenvalue weighted by atomic mass is 9.79. The summed E-state index contributed by atoms with van der Waals surface area (Å²) >= 11 is 0. The van der Waals surface area contributed by atoms with Gasteiger partial charge in [0.05, 0.1) is 18.2 Å². The van der Waals surface area contributed by atoms with E-state index in [4.69, 9.17) is 33.2 Å². The highest BCUT2D eigenvalue weighted by atomic mass is 16.7. The number of rotatable bonds is 7. The maximum Gasteiger partial charge on any atom is 0.344 e. The highest BCUT2D eigenvalue weighted by molar-refractivity contribution is 6.08. The molecule has 0 unspecified atom stereocenters. The van der Waals surface area contributed by atoms with Crippen molar-refractivity contribution in [3.05, 3.63) is 23.3 Å². The molecule has 0 bridgehead atoms. The molecule has 0 saturated heterocycles. The highest BCUT2D eigenvalue weighted by Gasteiger charge is 2.50. The van der Waals surface area contributed by atoms with Crippen molar-refractivity contribution < 1.29 is 57.1 Å². The topological polar surface area (TPSA) is 162 Å². The van der Waals surface area contributed by atoms with E-state index < -0.39 is 60.7 Å². The van der Waals surface area contributed by atoms with Gasteiger partial charge in [-0.25, -0.2) is 4.79 Å². The van der Waals surface area contributed by atoms with Crippen molar-refractivity contribution in [2.24, 2.45) is 0 Å². The van der Waals surface area contributed by atoms with Crippen LogP contribution in [0.3, 0.4) is 0 Å². The molecule has 0 spiro atoms. The van der Waals surface area contributed by atoms with Crippen LogP contribution < -0.4 is 19.5 Å². The van der Waals surface area contributed by atoms with E-state index in [-0.39, 0.29) is 36.2 Å². The molecule has 13 nitrogen and oxygen atoms in total. The van der Waals surface area contributed by atoms with Gasteiger partial charge in [-0.05, 0) is 24.6 Å². The fourth-order valence-corrected chi connectivity index (χ4v) is 4.44.